The molecular weight excluding hydrogens is 577 g/mol. The Morgan fingerprint density at radius 3 is 2.58 bits per heavy atom. The van der Waals surface area contributed by atoms with Crippen LogP contribution in [-0.2, 0) is 19.2 Å². The fourth-order valence-corrected chi connectivity index (χ4v) is 7.31. The van der Waals surface area contributed by atoms with Crippen LogP contribution in [0.5, 0.6) is 5.75 Å². The van der Waals surface area contributed by atoms with Gasteiger partial charge in [0.05, 0.1) is 21.0 Å². The first-order chi connectivity index (χ1) is 18.1. The van der Waals surface area contributed by atoms with E-state index in [0.717, 1.165) is 28.0 Å². The van der Waals surface area contributed by atoms with Crippen LogP contribution in [0.15, 0.2) is 52.3 Å². The summed E-state index contributed by atoms with van der Waals surface area (Å²) in [6.07, 6.45) is 0. The molecule has 10 nitrogen and oxygen atoms in total. The number of aromatic nitrogens is 1. The second kappa shape index (κ2) is 10.4. The lowest BCUT2D eigenvalue weighted by molar-refractivity contribution is -0.149. The highest BCUT2D eigenvalue weighted by Gasteiger charge is 2.56. The van der Waals surface area contributed by atoms with Crippen LogP contribution in [0.25, 0.3) is 0 Å². The Labute approximate surface area is 232 Å². The number of hydrogen-bond donors (Lipinski definition) is 3. The van der Waals surface area contributed by atoms with Gasteiger partial charge < -0.3 is 20.1 Å². The number of para-hydroxylation sites is 1. The van der Waals surface area contributed by atoms with Gasteiger partial charge in [0, 0.05) is 22.0 Å². The number of rotatable bonds is 7. The molecule has 0 bridgehead atoms. The number of halogens is 2. The minimum atomic E-state index is -1.31. The molecule has 2 aromatic carbocycles. The number of aliphatic carboxylic acids is 1. The lowest BCUT2D eigenvalue weighted by atomic mass is 9.82. The molecule has 1 saturated heterocycles. The Balaban J connectivity index is 1.45. The fourth-order valence-electron chi connectivity index (χ4n) is 4.48. The predicted octanol–water partition coefficient (Wildman–Crippen LogP) is 3.44. The largest absolute Gasteiger partial charge is 0.483 e. The summed E-state index contributed by atoms with van der Waals surface area (Å²) in [5, 5.41) is 12.0. The van der Waals surface area contributed by atoms with Crippen LogP contribution >= 0.6 is 46.3 Å². The number of likely N-dealkylation sites (tertiary alicyclic amines) is 1. The van der Waals surface area contributed by atoms with Crippen LogP contribution in [0.1, 0.15) is 16.4 Å². The summed E-state index contributed by atoms with van der Waals surface area (Å²) in [6.45, 7) is -1.14. The minimum absolute atomic E-state index is 0.273. The molecule has 14 heteroatoms. The fraction of sp³-hybridized carbons (Fsp3) is 0.208. The lowest BCUT2D eigenvalue weighted by Gasteiger charge is -2.30. The molecule has 38 heavy (non-hydrogen) atoms. The van der Waals surface area contributed by atoms with E-state index >= 15 is 0 Å². The van der Waals surface area contributed by atoms with Crippen molar-refractivity contribution in [1.82, 2.24) is 9.88 Å². The quantitative estimate of drug-likeness (QED) is 0.353. The highest BCUT2D eigenvalue weighted by molar-refractivity contribution is 8.00. The van der Waals surface area contributed by atoms with E-state index < -0.39 is 47.3 Å². The van der Waals surface area contributed by atoms with Gasteiger partial charge in [-0.05, 0) is 24.3 Å². The first kappa shape index (κ1) is 26.3. The average molecular weight is 594 g/mol. The van der Waals surface area contributed by atoms with E-state index in [2.05, 4.69) is 10.3 Å². The summed E-state index contributed by atoms with van der Waals surface area (Å²) in [7, 11) is 0. The Kier molecular flexibility index (Phi) is 7.23. The van der Waals surface area contributed by atoms with Crippen molar-refractivity contribution >= 4 is 75.7 Å². The molecule has 3 atom stereocenters. The van der Waals surface area contributed by atoms with Gasteiger partial charge in [-0.25, -0.2) is 0 Å². The van der Waals surface area contributed by atoms with Gasteiger partial charge in [0.15, 0.2) is 6.61 Å². The average Bonchev–Trinajstić information content (AvgIpc) is 3.35. The third kappa shape index (κ3) is 4.92. The number of carbonyl (C=O) groups is 4. The van der Waals surface area contributed by atoms with Crippen molar-refractivity contribution in [3.05, 3.63) is 72.6 Å². The van der Waals surface area contributed by atoms with Gasteiger partial charge >= 0.3 is 10.8 Å². The molecule has 1 aromatic heterocycles. The van der Waals surface area contributed by atoms with Crippen molar-refractivity contribution in [1.29, 1.82) is 0 Å². The number of carbonyl (C=O) groups excluding carboxylic acids is 3. The van der Waals surface area contributed by atoms with E-state index in [4.69, 9.17) is 27.9 Å². The number of fused-ring (bicyclic) bond motifs is 2. The normalized spacial score (nSPS) is 20.2. The molecule has 3 N–H and O–H groups in total. The Morgan fingerprint density at radius 1 is 1.08 bits per heavy atom. The maximum atomic E-state index is 13.3. The van der Waals surface area contributed by atoms with E-state index in [1.54, 1.807) is 36.4 Å². The molecule has 0 saturated carbocycles. The number of carboxylic acids is 1. The van der Waals surface area contributed by atoms with E-state index in [0.29, 0.717) is 26.2 Å². The van der Waals surface area contributed by atoms with Crippen molar-refractivity contribution in [2.45, 2.75) is 16.2 Å². The summed E-state index contributed by atoms with van der Waals surface area (Å²) in [5.74, 6) is -4.52. The smallest absolute Gasteiger partial charge is 0.323 e. The van der Waals surface area contributed by atoms with Crippen molar-refractivity contribution < 1.29 is 29.0 Å². The maximum absolute atomic E-state index is 13.3. The highest BCUT2D eigenvalue weighted by atomic mass is 35.5. The number of thioether (sulfide) groups is 1. The Hall–Kier alpha value is -3.32. The van der Waals surface area contributed by atoms with Gasteiger partial charge in [-0.15, -0.1) is 0 Å². The second-order valence-corrected chi connectivity index (χ2v) is 11.4. The first-order valence-corrected chi connectivity index (χ1v) is 13.5. The Morgan fingerprint density at radius 2 is 1.84 bits per heavy atom. The number of H-pyrrole nitrogens is 1. The number of aromatic amines is 1. The summed E-state index contributed by atoms with van der Waals surface area (Å²) in [5.41, 5.74) is 0.906. The van der Waals surface area contributed by atoms with Gasteiger partial charge in [-0.2, -0.15) is 0 Å². The third-order valence-corrected chi connectivity index (χ3v) is 9.16. The summed E-state index contributed by atoms with van der Waals surface area (Å²) >= 11 is 13.9. The molecule has 3 heterocycles. The number of amides is 3. The predicted molar refractivity (Wildman–Crippen MR) is 141 cm³/mol. The van der Waals surface area contributed by atoms with Crippen molar-refractivity contribution in [2.75, 3.05) is 18.5 Å². The molecule has 5 rings (SSSR count). The zero-order chi connectivity index (χ0) is 27.1. The van der Waals surface area contributed by atoms with Crippen LogP contribution in [-0.4, -0.2) is 57.1 Å². The lowest BCUT2D eigenvalue weighted by Crippen LogP contribution is -2.36. The number of hydrogen-bond acceptors (Lipinski definition) is 8. The molecule has 2 aliphatic heterocycles. The molecule has 2 aliphatic rings. The molecule has 3 aromatic rings. The summed E-state index contributed by atoms with van der Waals surface area (Å²) in [4.78, 5) is 66.1. The van der Waals surface area contributed by atoms with E-state index in [1.165, 1.54) is 6.07 Å². The van der Waals surface area contributed by atoms with Crippen LogP contribution < -0.4 is 14.9 Å². The molecule has 3 amide bonds. The van der Waals surface area contributed by atoms with E-state index in [9.17, 15) is 29.1 Å². The van der Waals surface area contributed by atoms with E-state index in [-0.39, 0.29) is 22.3 Å². The van der Waals surface area contributed by atoms with Crippen molar-refractivity contribution in [3.8, 4) is 5.75 Å². The number of nitrogens with one attached hydrogen (secondary N) is 2. The number of nitrogens with zero attached hydrogens (tertiary/aromatic N) is 1. The zero-order valence-corrected chi connectivity index (χ0v) is 22.2. The van der Waals surface area contributed by atoms with Crippen LogP contribution in [0.4, 0.5) is 5.69 Å². The first-order valence-electron chi connectivity index (χ1n) is 11.1. The van der Waals surface area contributed by atoms with Gasteiger partial charge in [-0.1, -0.05) is 64.5 Å². The molecule has 0 aliphatic carbocycles. The molecule has 0 spiro atoms. The SMILES string of the molecule is O=C(O)CN1C(=O)C2Sc3[nH]c(=O)sc3[C@@H](c3ccccc3OCC(=O)Nc3ccc(Cl)c(Cl)c3)C2C1=O. The standard InChI is InChI=1S/C24H17Cl2N3O7S2/c25-12-6-5-10(7-13(12)26)27-15(30)9-36-14-4-2-1-3-11(14)17-18-20(37-21-19(17)38-24(35)28-21)23(34)29(22(18)33)8-16(31)32/h1-7,17-18,20H,8-9H2,(H,27,30)(H,28,35)(H,31,32)/t17-,18?,20?/m0/s1. The van der Waals surface area contributed by atoms with Crippen LogP contribution in [0, 0.1) is 5.92 Å². The molecule has 196 valence electrons. The monoisotopic (exact) mass is 593 g/mol. The van der Waals surface area contributed by atoms with Crippen molar-refractivity contribution in [3.63, 3.8) is 0 Å². The number of thiazole rings is 1. The summed E-state index contributed by atoms with van der Waals surface area (Å²) in [6, 6.07) is 11.3. The topological polar surface area (TPSA) is 146 Å². The number of imide groups is 1. The van der Waals surface area contributed by atoms with Crippen molar-refractivity contribution in [2.24, 2.45) is 5.92 Å². The molecule has 1 fully saturated rings. The molecule has 2 unspecified atom stereocenters. The highest BCUT2D eigenvalue weighted by Crippen LogP contribution is 2.53. The third-order valence-electron chi connectivity index (χ3n) is 6.02. The maximum Gasteiger partial charge on any atom is 0.323 e. The minimum Gasteiger partial charge on any atom is -0.483 e. The number of carboxylic acid groups (broad SMARTS) is 1. The second-order valence-electron chi connectivity index (χ2n) is 8.41. The van der Waals surface area contributed by atoms with Crippen LogP contribution in [0.3, 0.4) is 0 Å². The zero-order valence-electron chi connectivity index (χ0n) is 19.1. The van der Waals surface area contributed by atoms with Gasteiger partial charge in [0.1, 0.15) is 17.5 Å². The molecular formula is C24H17Cl2N3O7S2. The van der Waals surface area contributed by atoms with Gasteiger partial charge in [-0.3, -0.25) is 28.9 Å². The Bertz CT molecular complexity index is 1540. The van der Waals surface area contributed by atoms with E-state index in [1.807, 2.05) is 0 Å². The van der Waals surface area contributed by atoms with Gasteiger partial charge in [0.25, 0.3) is 5.91 Å². The van der Waals surface area contributed by atoms with Gasteiger partial charge in [0.2, 0.25) is 11.8 Å². The number of benzene rings is 2. The molecule has 0 radical (unpaired) electrons. The number of anilines is 1. The number of ether oxygens (including phenoxy) is 1. The summed E-state index contributed by atoms with van der Waals surface area (Å²) < 4.78 is 5.84. The van der Waals surface area contributed by atoms with Crippen LogP contribution in [0.2, 0.25) is 10.0 Å².